The molecule has 0 saturated carbocycles. The van der Waals surface area contributed by atoms with Crippen LogP contribution in [0.4, 0.5) is 10.6 Å². The van der Waals surface area contributed by atoms with Gasteiger partial charge in [-0.05, 0) is 44.0 Å². The summed E-state index contributed by atoms with van der Waals surface area (Å²) in [5.41, 5.74) is 7.07. The molecule has 5 rings (SSSR count). The predicted octanol–water partition coefficient (Wildman–Crippen LogP) is 4.82. The number of carbonyl (C=O) groups excluding carboxylic acids is 1. The molecule has 3 heterocycles. The quantitative estimate of drug-likeness (QED) is 0.476. The number of carbonyl (C=O) groups is 1. The average molecular weight is 446 g/mol. The van der Waals surface area contributed by atoms with Crippen LogP contribution in [0.5, 0.6) is 0 Å². The molecule has 8 heteroatoms. The molecule has 1 aliphatic rings. The summed E-state index contributed by atoms with van der Waals surface area (Å²) in [4.78, 5) is 17.2. The third-order valence-electron chi connectivity index (χ3n) is 5.92. The lowest BCUT2D eigenvalue weighted by atomic mass is 10.0. The summed E-state index contributed by atoms with van der Waals surface area (Å²) in [6.45, 7) is 8.93. The maximum atomic E-state index is 12.5. The molecular formula is C25H27N5O3. The minimum atomic E-state index is -0.519. The highest BCUT2D eigenvalue weighted by molar-refractivity contribution is 5.85. The molecule has 170 valence electrons. The molecule has 1 amide bonds. The van der Waals surface area contributed by atoms with E-state index in [0.717, 1.165) is 45.8 Å². The van der Waals surface area contributed by atoms with Gasteiger partial charge in [-0.25, -0.2) is 14.5 Å². The van der Waals surface area contributed by atoms with Crippen molar-refractivity contribution in [2.24, 2.45) is 0 Å². The number of aryl methyl sites for hydroxylation is 3. The standard InChI is InChI=1S/C25H27N5O3/c1-4-30-23(13-20(28-30)19-7-5-16(2)11-17(19)3)27-25(31)33-14-18-6-8-22-21(12-18)26-24-15-32-10-9-29(22)24/h5-8,11-13H,4,9-10,14-15H2,1-3H3,(H,27,31). The molecule has 1 aliphatic heterocycles. The van der Waals surface area contributed by atoms with E-state index < -0.39 is 6.09 Å². The summed E-state index contributed by atoms with van der Waals surface area (Å²) in [5, 5.41) is 7.48. The number of imidazole rings is 1. The van der Waals surface area contributed by atoms with Crippen molar-refractivity contribution in [2.45, 2.75) is 47.1 Å². The first-order valence-corrected chi connectivity index (χ1v) is 11.2. The Morgan fingerprint density at radius 2 is 2.06 bits per heavy atom. The lowest BCUT2D eigenvalue weighted by molar-refractivity contribution is 0.0830. The van der Waals surface area contributed by atoms with Crippen molar-refractivity contribution in [3.8, 4) is 11.3 Å². The molecule has 0 radical (unpaired) electrons. The molecule has 8 nitrogen and oxygen atoms in total. The number of nitrogens with one attached hydrogen (secondary N) is 1. The topological polar surface area (TPSA) is 83.2 Å². The number of hydrogen-bond donors (Lipinski definition) is 1. The predicted molar refractivity (Wildman–Crippen MR) is 126 cm³/mol. The summed E-state index contributed by atoms with van der Waals surface area (Å²) in [7, 11) is 0. The SMILES string of the molecule is CCn1nc(-c2ccc(C)cc2C)cc1NC(=O)OCc1ccc2c(c1)nc1n2CCOC1. The summed E-state index contributed by atoms with van der Waals surface area (Å²) >= 11 is 0. The van der Waals surface area contributed by atoms with Gasteiger partial charge in [-0.2, -0.15) is 5.10 Å². The fraction of sp³-hybridized carbons (Fsp3) is 0.320. The third kappa shape index (κ3) is 4.21. The van der Waals surface area contributed by atoms with E-state index in [2.05, 4.69) is 52.0 Å². The van der Waals surface area contributed by atoms with Crippen molar-refractivity contribution >= 4 is 22.9 Å². The maximum absolute atomic E-state index is 12.5. The van der Waals surface area contributed by atoms with Crippen molar-refractivity contribution in [3.05, 3.63) is 65.0 Å². The molecule has 1 N–H and O–H groups in total. The van der Waals surface area contributed by atoms with Crippen LogP contribution in [0.2, 0.25) is 0 Å². The zero-order valence-electron chi connectivity index (χ0n) is 19.1. The molecule has 4 aromatic rings. The van der Waals surface area contributed by atoms with Crippen LogP contribution in [-0.4, -0.2) is 32.0 Å². The van der Waals surface area contributed by atoms with Gasteiger partial charge in [0.1, 0.15) is 24.9 Å². The van der Waals surface area contributed by atoms with Crippen LogP contribution in [0.1, 0.15) is 29.4 Å². The summed E-state index contributed by atoms with van der Waals surface area (Å²) in [5.74, 6) is 1.54. The number of rotatable bonds is 5. The van der Waals surface area contributed by atoms with Gasteiger partial charge in [-0.1, -0.05) is 29.8 Å². The fourth-order valence-electron chi connectivity index (χ4n) is 4.27. The van der Waals surface area contributed by atoms with Crippen LogP contribution >= 0.6 is 0 Å². The number of amides is 1. The molecule has 0 fully saturated rings. The molecular weight excluding hydrogens is 418 g/mol. The monoisotopic (exact) mass is 445 g/mol. The zero-order valence-corrected chi connectivity index (χ0v) is 19.1. The van der Waals surface area contributed by atoms with E-state index in [-0.39, 0.29) is 6.61 Å². The van der Waals surface area contributed by atoms with Gasteiger partial charge in [0.15, 0.2) is 0 Å². The number of anilines is 1. The average Bonchev–Trinajstić information content (AvgIpc) is 3.38. The van der Waals surface area contributed by atoms with Gasteiger partial charge < -0.3 is 14.0 Å². The second-order valence-electron chi connectivity index (χ2n) is 8.31. The van der Waals surface area contributed by atoms with Gasteiger partial charge in [-0.3, -0.25) is 5.32 Å². The Balaban J connectivity index is 1.28. The van der Waals surface area contributed by atoms with Crippen LogP contribution in [0.25, 0.3) is 22.3 Å². The van der Waals surface area contributed by atoms with Crippen LogP contribution in [-0.2, 0) is 35.8 Å². The number of benzene rings is 2. The van der Waals surface area contributed by atoms with Crippen molar-refractivity contribution in [3.63, 3.8) is 0 Å². The molecule has 0 aliphatic carbocycles. The number of ether oxygens (including phenoxy) is 2. The summed E-state index contributed by atoms with van der Waals surface area (Å²) in [6.07, 6.45) is -0.519. The van der Waals surface area contributed by atoms with Gasteiger partial charge in [-0.15, -0.1) is 0 Å². The second kappa shape index (κ2) is 8.71. The number of hydrogen-bond acceptors (Lipinski definition) is 5. The first kappa shape index (κ1) is 21.2. The van der Waals surface area contributed by atoms with Crippen molar-refractivity contribution in [1.29, 1.82) is 0 Å². The van der Waals surface area contributed by atoms with E-state index in [1.807, 2.05) is 31.2 Å². The van der Waals surface area contributed by atoms with E-state index in [1.54, 1.807) is 4.68 Å². The number of aromatic nitrogens is 4. The Morgan fingerprint density at radius 3 is 2.88 bits per heavy atom. The van der Waals surface area contributed by atoms with Gasteiger partial charge >= 0.3 is 6.09 Å². The molecule has 0 atom stereocenters. The first-order valence-electron chi connectivity index (χ1n) is 11.2. The van der Waals surface area contributed by atoms with Crippen LogP contribution < -0.4 is 5.32 Å². The van der Waals surface area contributed by atoms with Crippen LogP contribution in [0.15, 0.2) is 42.5 Å². The molecule has 0 saturated heterocycles. The molecule has 0 bridgehead atoms. The summed E-state index contributed by atoms with van der Waals surface area (Å²) in [6, 6.07) is 14.1. The maximum Gasteiger partial charge on any atom is 0.413 e. The lowest BCUT2D eigenvalue weighted by Crippen LogP contribution is -2.16. The van der Waals surface area contributed by atoms with Crippen LogP contribution in [0, 0.1) is 13.8 Å². The minimum Gasteiger partial charge on any atom is -0.444 e. The van der Waals surface area contributed by atoms with Crippen molar-refractivity contribution in [1.82, 2.24) is 19.3 Å². The zero-order chi connectivity index (χ0) is 22.9. The van der Waals surface area contributed by atoms with Gasteiger partial charge in [0.25, 0.3) is 0 Å². The van der Waals surface area contributed by atoms with Crippen molar-refractivity contribution < 1.29 is 14.3 Å². The van der Waals surface area contributed by atoms with Gasteiger partial charge in [0, 0.05) is 24.7 Å². The highest BCUT2D eigenvalue weighted by atomic mass is 16.5. The van der Waals surface area contributed by atoms with E-state index in [9.17, 15) is 4.79 Å². The molecule has 33 heavy (non-hydrogen) atoms. The Hall–Kier alpha value is -3.65. The van der Waals surface area contributed by atoms with E-state index in [0.29, 0.717) is 25.6 Å². The van der Waals surface area contributed by atoms with E-state index in [1.165, 1.54) is 5.56 Å². The Morgan fingerprint density at radius 1 is 1.18 bits per heavy atom. The van der Waals surface area contributed by atoms with Crippen LogP contribution in [0.3, 0.4) is 0 Å². The molecule has 2 aromatic carbocycles. The third-order valence-corrected chi connectivity index (χ3v) is 5.92. The number of fused-ring (bicyclic) bond motifs is 3. The summed E-state index contributed by atoms with van der Waals surface area (Å²) < 4.78 is 14.9. The Kier molecular flexibility index (Phi) is 5.60. The first-order chi connectivity index (χ1) is 16.0. The van der Waals surface area contributed by atoms with Gasteiger partial charge in [0.05, 0.1) is 23.3 Å². The van der Waals surface area contributed by atoms with E-state index in [4.69, 9.17) is 9.47 Å². The fourth-order valence-corrected chi connectivity index (χ4v) is 4.27. The Bertz CT molecular complexity index is 1340. The molecule has 2 aromatic heterocycles. The van der Waals surface area contributed by atoms with Crippen molar-refractivity contribution in [2.75, 3.05) is 11.9 Å². The number of nitrogens with zero attached hydrogens (tertiary/aromatic N) is 4. The molecule has 0 spiro atoms. The second-order valence-corrected chi connectivity index (χ2v) is 8.31. The highest BCUT2D eigenvalue weighted by Gasteiger charge is 2.16. The highest BCUT2D eigenvalue weighted by Crippen LogP contribution is 2.26. The molecule has 0 unspecified atom stereocenters. The Labute approximate surface area is 192 Å². The normalized spacial score (nSPS) is 13.2. The van der Waals surface area contributed by atoms with E-state index >= 15 is 0 Å². The largest absolute Gasteiger partial charge is 0.444 e. The lowest BCUT2D eigenvalue weighted by Gasteiger charge is -2.14. The minimum absolute atomic E-state index is 0.157. The smallest absolute Gasteiger partial charge is 0.413 e. The van der Waals surface area contributed by atoms with Gasteiger partial charge in [0.2, 0.25) is 0 Å².